The van der Waals surface area contributed by atoms with E-state index in [1.807, 2.05) is 81.5 Å². The second kappa shape index (κ2) is 8.34. The van der Waals surface area contributed by atoms with E-state index in [9.17, 15) is 4.79 Å². The highest BCUT2D eigenvalue weighted by Crippen LogP contribution is 2.10. The average molecular weight is 323 g/mol. The van der Waals surface area contributed by atoms with Gasteiger partial charge in [0, 0.05) is 0 Å². The molecule has 0 aliphatic heterocycles. The molecule has 0 spiro atoms. The third-order valence-corrected chi connectivity index (χ3v) is 3.32. The number of carbonyl (C=O) groups is 1. The van der Waals surface area contributed by atoms with Gasteiger partial charge in [-0.3, -0.25) is 0 Å². The Kier molecular flexibility index (Phi) is 6.19. The summed E-state index contributed by atoms with van der Waals surface area (Å²) < 4.78 is 5.37. The molecule has 0 saturated carbocycles. The van der Waals surface area contributed by atoms with Gasteiger partial charge in [-0.1, -0.05) is 72.8 Å². The topological polar surface area (TPSA) is 38.3 Å². The summed E-state index contributed by atoms with van der Waals surface area (Å²) in [6, 6.07) is 20.0. The van der Waals surface area contributed by atoms with E-state index >= 15 is 0 Å². The number of hydrogen-bond donors (Lipinski definition) is 1. The van der Waals surface area contributed by atoms with Gasteiger partial charge in [0.25, 0.3) is 0 Å². The second-order valence-electron chi connectivity index (χ2n) is 6.71. The Morgan fingerprint density at radius 3 is 2.21 bits per heavy atom. The molecule has 1 unspecified atom stereocenters. The van der Waals surface area contributed by atoms with E-state index in [-0.39, 0.29) is 6.04 Å². The van der Waals surface area contributed by atoms with Crippen molar-refractivity contribution >= 4 is 12.2 Å². The first-order valence-electron chi connectivity index (χ1n) is 8.19. The summed E-state index contributed by atoms with van der Waals surface area (Å²) >= 11 is 0. The fourth-order valence-corrected chi connectivity index (χ4v) is 2.29. The molecule has 0 fully saturated rings. The number of benzene rings is 2. The lowest BCUT2D eigenvalue weighted by Gasteiger charge is -2.22. The normalized spacial score (nSPS) is 12.8. The van der Waals surface area contributed by atoms with Crippen LogP contribution in [-0.4, -0.2) is 17.7 Å². The van der Waals surface area contributed by atoms with Gasteiger partial charge in [0.15, 0.2) is 0 Å². The zero-order valence-corrected chi connectivity index (χ0v) is 14.5. The Hall–Kier alpha value is -2.55. The summed E-state index contributed by atoms with van der Waals surface area (Å²) in [5.41, 5.74) is 1.75. The van der Waals surface area contributed by atoms with Gasteiger partial charge < -0.3 is 10.1 Å². The van der Waals surface area contributed by atoms with Crippen molar-refractivity contribution in [3.63, 3.8) is 0 Å². The number of hydrogen-bond acceptors (Lipinski definition) is 2. The Morgan fingerprint density at radius 2 is 1.62 bits per heavy atom. The molecular weight excluding hydrogens is 298 g/mol. The van der Waals surface area contributed by atoms with Gasteiger partial charge in [0.05, 0.1) is 6.04 Å². The Morgan fingerprint density at radius 1 is 1.04 bits per heavy atom. The van der Waals surface area contributed by atoms with Crippen LogP contribution in [-0.2, 0) is 11.2 Å². The number of carbonyl (C=O) groups excluding carboxylic acids is 1. The largest absolute Gasteiger partial charge is 0.444 e. The highest BCUT2D eigenvalue weighted by Gasteiger charge is 2.18. The van der Waals surface area contributed by atoms with Crippen LogP contribution in [0.5, 0.6) is 0 Å². The maximum Gasteiger partial charge on any atom is 0.408 e. The van der Waals surface area contributed by atoms with Crippen molar-refractivity contribution in [3.05, 3.63) is 77.9 Å². The number of amides is 1. The van der Waals surface area contributed by atoms with Gasteiger partial charge in [-0.2, -0.15) is 0 Å². The van der Waals surface area contributed by atoms with Crippen LogP contribution in [0.25, 0.3) is 6.08 Å². The van der Waals surface area contributed by atoms with Crippen molar-refractivity contribution in [1.29, 1.82) is 0 Å². The molecule has 126 valence electrons. The SMILES string of the molecule is CC(C)(C)OC(=O)NC(/C=C/c1ccccc1)Cc1ccccc1. The molecule has 0 aliphatic rings. The van der Waals surface area contributed by atoms with Crippen LogP contribution in [0, 0.1) is 0 Å². The number of rotatable bonds is 5. The molecule has 2 aromatic rings. The summed E-state index contributed by atoms with van der Waals surface area (Å²) in [5, 5.41) is 2.94. The zero-order chi connectivity index (χ0) is 17.4. The minimum atomic E-state index is -0.509. The second-order valence-corrected chi connectivity index (χ2v) is 6.71. The molecule has 0 aliphatic carbocycles. The predicted octanol–water partition coefficient (Wildman–Crippen LogP) is 4.84. The molecule has 1 N–H and O–H groups in total. The number of ether oxygens (including phenoxy) is 1. The van der Waals surface area contributed by atoms with Gasteiger partial charge in [0.1, 0.15) is 5.60 Å². The molecule has 24 heavy (non-hydrogen) atoms. The molecule has 2 aromatic carbocycles. The van der Waals surface area contributed by atoms with Crippen LogP contribution in [0.1, 0.15) is 31.9 Å². The standard InChI is InChI=1S/C21H25NO2/c1-21(2,3)24-20(23)22-19(16-18-12-8-5-9-13-18)15-14-17-10-6-4-7-11-17/h4-15,19H,16H2,1-3H3,(H,22,23)/b15-14+. The van der Waals surface area contributed by atoms with Crippen molar-refractivity contribution < 1.29 is 9.53 Å². The highest BCUT2D eigenvalue weighted by molar-refractivity contribution is 5.69. The van der Waals surface area contributed by atoms with E-state index in [0.29, 0.717) is 6.42 Å². The maximum absolute atomic E-state index is 12.1. The molecule has 1 atom stereocenters. The molecular formula is C21H25NO2. The van der Waals surface area contributed by atoms with Crippen LogP contribution in [0.2, 0.25) is 0 Å². The molecule has 0 radical (unpaired) electrons. The lowest BCUT2D eigenvalue weighted by Crippen LogP contribution is -2.39. The molecule has 0 aromatic heterocycles. The van der Waals surface area contributed by atoms with Gasteiger partial charge in [-0.25, -0.2) is 4.79 Å². The van der Waals surface area contributed by atoms with Crippen molar-refractivity contribution in [3.8, 4) is 0 Å². The van der Waals surface area contributed by atoms with Crippen molar-refractivity contribution in [2.24, 2.45) is 0 Å². The van der Waals surface area contributed by atoms with E-state index in [2.05, 4.69) is 17.4 Å². The summed E-state index contributed by atoms with van der Waals surface area (Å²) in [6.45, 7) is 5.58. The van der Waals surface area contributed by atoms with Crippen LogP contribution in [0.4, 0.5) is 4.79 Å². The molecule has 3 heteroatoms. The summed E-state index contributed by atoms with van der Waals surface area (Å²) in [6.07, 6.45) is 4.34. The molecule has 2 rings (SSSR count). The highest BCUT2D eigenvalue weighted by atomic mass is 16.6. The molecule has 0 saturated heterocycles. The molecule has 0 heterocycles. The molecule has 3 nitrogen and oxygen atoms in total. The number of nitrogens with one attached hydrogen (secondary N) is 1. The first-order chi connectivity index (χ1) is 11.4. The first kappa shape index (κ1) is 17.8. The third kappa shape index (κ3) is 6.69. The fraction of sp³-hybridized carbons (Fsp3) is 0.286. The first-order valence-corrected chi connectivity index (χ1v) is 8.19. The third-order valence-electron chi connectivity index (χ3n) is 3.32. The van der Waals surface area contributed by atoms with Gasteiger partial charge in [-0.15, -0.1) is 0 Å². The van der Waals surface area contributed by atoms with E-state index < -0.39 is 11.7 Å². The van der Waals surface area contributed by atoms with E-state index in [1.165, 1.54) is 0 Å². The van der Waals surface area contributed by atoms with Crippen molar-refractivity contribution in [2.45, 2.75) is 38.8 Å². The molecule has 0 bridgehead atoms. The fourth-order valence-electron chi connectivity index (χ4n) is 2.29. The van der Waals surface area contributed by atoms with Crippen molar-refractivity contribution in [1.82, 2.24) is 5.32 Å². The Balaban J connectivity index is 2.09. The van der Waals surface area contributed by atoms with Gasteiger partial charge in [0.2, 0.25) is 0 Å². The summed E-state index contributed by atoms with van der Waals surface area (Å²) in [5.74, 6) is 0. The van der Waals surface area contributed by atoms with E-state index in [0.717, 1.165) is 11.1 Å². The monoisotopic (exact) mass is 323 g/mol. The summed E-state index contributed by atoms with van der Waals surface area (Å²) in [4.78, 5) is 12.1. The van der Waals surface area contributed by atoms with Gasteiger partial charge >= 0.3 is 6.09 Å². The van der Waals surface area contributed by atoms with E-state index in [4.69, 9.17) is 4.74 Å². The zero-order valence-electron chi connectivity index (χ0n) is 14.5. The summed E-state index contributed by atoms with van der Waals surface area (Å²) in [7, 11) is 0. The smallest absolute Gasteiger partial charge is 0.408 e. The quantitative estimate of drug-likeness (QED) is 0.855. The lowest BCUT2D eigenvalue weighted by atomic mass is 10.0. The minimum absolute atomic E-state index is 0.137. The van der Waals surface area contributed by atoms with Crippen LogP contribution in [0.3, 0.4) is 0 Å². The average Bonchev–Trinajstić information content (AvgIpc) is 2.53. The lowest BCUT2D eigenvalue weighted by molar-refractivity contribution is 0.0514. The van der Waals surface area contributed by atoms with Gasteiger partial charge in [-0.05, 0) is 38.3 Å². The van der Waals surface area contributed by atoms with Crippen LogP contribution < -0.4 is 5.32 Å². The molecule has 1 amide bonds. The Bertz CT molecular complexity index is 657. The maximum atomic E-state index is 12.1. The van der Waals surface area contributed by atoms with Crippen LogP contribution in [0.15, 0.2) is 66.7 Å². The van der Waals surface area contributed by atoms with E-state index in [1.54, 1.807) is 0 Å². The Labute approximate surface area is 144 Å². The minimum Gasteiger partial charge on any atom is -0.444 e. The number of alkyl carbamates (subject to hydrolysis) is 1. The predicted molar refractivity (Wildman–Crippen MR) is 98.8 cm³/mol. The van der Waals surface area contributed by atoms with Crippen LogP contribution >= 0.6 is 0 Å². The van der Waals surface area contributed by atoms with Crippen molar-refractivity contribution in [2.75, 3.05) is 0 Å².